The van der Waals surface area contributed by atoms with Crippen molar-refractivity contribution in [3.05, 3.63) is 49.0 Å². The number of nitrogens with one attached hydrogen (secondary N) is 1. The number of halogens is 2. The minimum atomic E-state index is -0.881. The summed E-state index contributed by atoms with van der Waals surface area (Å²) in [6, 6.07) is 9.05. The first kappa shape index (κ1) is 17.2. The highest BCUT2D eigenvalue weighted by atomic mass is 79.9. The number of carbonyl (C=O) groups is 2. The predicted molar refractivity (Wildman–Crippen MR) is 94.4 cm³/mol. The van der Waals surface area contributed by atoms with E-state index in [0.717, 1.165) is 13.8 Å². The third-order valence-electron chi connectivity index (χ3n) is 2.82. The van der Waals surface area contributed by atoms with Gasteiger partial charge in [0.15, 0.2) is 6.10 Å². The van der Waals surface area contributed by atoms with E-state index in [1.807, 2.05) is 19.1 Å². The lowest BCUT2D eigenvalue weighted by Gasteiger charge is -2.13. The van der Waals surface area contributed by atoms with E-state index >= 15 is 0 Å². The summed E-state index contributed by atoms with van der Waals surface area (Å²) in [5, 5.41) is 2.71. The van der Waals surface area contributed by atoms with Crippen molar-refractivity contribution in [2.24, 2.45) is 0 Å². The van der Waals surface area contributed by atoms with Gasteiger partial charge in [-0.3, -0.25) is 4.79 Å². The molecule has 4 nitrogen and oxygen atoms in total. The normalized spacial score (nSPS) is 11.8. The molecular weight excluding hydrogens is 434 g/mol. The number of benzene rings is 1. The number of amides is 1. The molecule has 2 aromatic rings. The van der Waals surface area contributed by atoms with Gasteiger partial charge in [0, 0.05) is 10.2 Å². The Bertz CT molecular complexity index is 678. The molecule has 0 saturated carbocycles. The summed E-state index contributed by atoms with van der Waals surface area (Å²) in [4.78, 5) is 24.4. The highest BCUT2D eigenvalue weighted by Gasteiger charge is 2.21. The Balaban J connectivity index is 1.96. The van der Waals surface area contributed by atoms with Crippen molar-refractivity contribution < 1.29 is 14.3 Å². The molecule has 1 unspecified atom stereocenters. The number of carbonyl (C=O) groups excluding carboxylic acids is 2. The molecule has 0 aliphatic carbocycles. The summed E-state index contributed by atoms with van der Waals surface area (Å²) in [5.41, 5.74) is 1.77. The quantitative estimate of drug-likeness (QED) is 0.688. The van der Waals surface area contributed by atoms with Gasteiger partial charge in [0.2, 0.25) is 0 Å². The van der Waals surface area contributed by atoms with Crippen molar-refractivity contribution in [1.29, 1.82) is 0 Å². The topological polar surface area (TPSA) is 55.4 Å². The molecule has 0 bridgehead atoms. The van der Waals surface area contributed by atoms with Crippen LogP contribution in [0.4, 0.5) is 5.69 Å². The molecule has 1 N–H and O–H groups in total. The smallest absolute Gasteiger partial charge is 0.349 e. The number of esters is 1. The van der Waals surface area contributed by atoms with E-state index < -0.39 is 12.1 Å². The highest BCUT2D eigenvalue weighted by Crippen LogP contribution is 2.32. The second-order valence-corrected chi connectivity index (χ2v) is 7.86. The van der Waals surface area contributed by atoms with Crippen LogP contribution < -0.4 is 5.32 Å². The fourth-order valence-electron chi connectivity index (χ4n) is 1.60. The standard InChI is InChI=1S/C15H13Br2NO3S/c1-8-3-5-10(6-4-8)18-14(19)9(2)21-15(20)12-7-11(16)13(17)22-12/h3-7,9H,1-2H3,(H,18,19). The van der Waals surface area contributed by atoms with E-state index in [1.54, 1.807) is 25.1 Å². The van der Waals surface area contributed by atoms with E-state index in [-0.39, 0.29) is 5.91 Å². The predicted octanol–water partition coefficient (Wildman–Crippen LogP) is 4.77. The molecule has 0 aliphatic rings. The molecule has 0 spiro atoms. The summed E-state index contributed by atoms with van der Waals surface area (Å²) in [6.07, 6.45) is -0.881. The van der Waals surface area contributed by atoms with Gasteiger partial charge in [-0.2, -0.15) is 0 Å². The summed E-state index contributed by atoms with van der Waals surface area (Å²) in [6.45, 7) is 3.51. The van der Waals surface area contributed by atoms with Gasteiger partial charge in [-0.1, -0.05) is 17.7 Å². The second kappa shape index (κ2) is 7.39. The Morgan fingerprint density at radius 1 is 1.23 bits per heavy atom. The van der Waals surface area contributed by atoms with Crippen LogP contribution in [0.15, 0.2) is 38.6 Å². The van der Waals surface area contributed by atoms with E-state index in [4.69, 9.17) is 4.74 Å². The average molecular weight is 447 g/mol. The maximum absolute atomic E-state index is 12.0. The monoisotopic (exact) mass is 445 g/mol. The first-order valence-electron chi connectivity index (χ1n) is 6.40. The van der Waals surface area contributed by atoms with Crippen LogP contribution in [0.3, 0.4) is 0 Å². The van der Waals surface area contributed by atoms with E-state index in [0.29, 0.717) is 10.6 Å². The third kappa shape index (κ3) is 4.41. The Labute approximate surface area is 149 Å². The Kier molecular flexibility index (Phi) is 5.77. The van der Waals surface area contributed by atoms with Gasteiger partial charge in [0.25, 0.3) is 5.91 Å². The number of ether oxygens (including phenoxy) is 1. The average Bonchev–Trinajstić information content (AvgIpc) is 2.81. The molecule has 1 aromatic heterocycles. The lowest BCUT2D eigenvalue weighted by atomic mass is 10.2. The molecule has 22 heavy (non-hydrogen) atoms. The zero-order valence-corrected chi connectivity index (χ0v) is 15.8. The number of aryl methyl sites for hydroxylation is 1. The number of anilines is 1. The van der Waals surface area contributed by atoms with Crippen LogP contribution in [0.1, 0.15) is 22.2 Å². The molecule has 0 aliphatic heterocycles. The minimum Gasteiger partial charge on any atom is -0.448 e. The van der Waals surface area contributed by atoms with Crippen LogP contribution in [0, 0.1) is 6.92 Å². The van der Waals surface area contributed by atoms with Gasteiger partial charge in [-0.15, -0.1) is 11.3 Å². The molecule has 1 atom stereocenters. The molecule has 1 amide bonds. The molecule has 7 heteroatoms. The van der Waals surface area contributed by atoms with Crippen molar-refractivity contribution in [3.8, 4) is 0 Å². The van der Waals surface area contributed by atoms with Crippen molar-refractivity contribution in [2.45, 2.75) is 20.0 Å². The van der Waals surface area contributed by atoms with Crippen LogP contribution >= 0.6 is 43.2 Å². The van der Waals surface area contributed by atoms with Crippen LogP contribution in [-0.4, -0.2) is 18.0 Å². The minimum absolute atomic E-state index is 0.369. The maximum Gasteiger partial charge on any atom is 0.349 e. The van der Waals surface area contributed by atoms with E-state index in [2.05, 4.69) is 37.2 Å². The largest absolute Gasteiger partial charge is 0.448 e. The molecule has 2 rings (SSSR count). The summed E-state index contributed by atoms with van der Waals surface area (Å²) in [5.74, 6) is -0.894. The van der Waals surface area contributed by atoms with Crippen molar-refractivity contribution in [1.82, 2.24) is 0 Å². The molecule has 0 radical (unpaired) electrons. The number of hydrogen-bond donors (Lipinski definition) is 1. The summed E-state index contributed by atoms with van der Waals surface area (Å²) < 4.78 is 6.76. The van der Waals surface area contributed by atoms with Gasteiger partial charge in [-0.05, 0) is 63.9 Å². The molecule has 0 fully saturated rings. The van der Waals surface area contributed by atoms with Gasteiger partial charge < -0.3 is 10.1 Å². The lowest BCUT2D eigenvalue weighted by Crippen LogP contribution is -2.29. The first-order chi connectivity index (χ1) is 10.4. The number of rotatable bonds is 4. The Morgan fingerprint density at radius 3 is 2.41 bits per heavy atom. The van der Waals surface area contributed by atoms with E-state index in [9.17, 15) is 9.59 Å². The zero-order chi connectivity index (χ0) is 16.3. The van der Waals surface area contributed by atoms with Crippen LogP contribution in [0.25, 0.3) is 0 Å². The lowest BCUT2D eigenvalue weighted by molar-refractivity contribution is -0.123. The van der Waals surface area contributed by atoms with Crippen molar-refractivity contribution >= 4 is 60.8 Å². The summed E-state index contributed by atoms with van der Waals surface area (Å²) in [7, 11) is 0. The van der Waals surface area contributed by atoms with Crippen molar-refractivity contribution in [2.75, 3.05) is 5.32 Å². The van der Waals surface area contributed by atoms with Crippen LogP contribution in [0.2, 0.25) is 0 Å². The molecular formula is C15H13Br2NO3S. The van der Waals surface area contributed by atoms with Crippen LogP contribution in [0.5, 0.6) is 0 Å². The van der Waals surface area contributed by atoms with Crippen molar-refractivity contribution in [3.63, 3.8) is 0 Å². The molecule has 1 aromatic carbocycles. The summed E-state index contributed by atoms with van der Waals surface area (Å²) >= 11 is 7.87. The fraction of sp³-hybridized carbons (Fsp3) is 0.200. The molecule has 116 valence electrons. The van der Waals surface area contributed by atoms with Gasteiger partial charge >= 0.3 is 5.97 Å². The first-order valence-corrected chi connectivity index (χ1v) is 8.80. The number of hydrogen-bond acceptors (Lipinski definition) is 4. The second-order valence-electron chi connectivity index (χ2n) is 4.64. The third-order valence-corrected chi connectivity index (χ3v) is 6.05. The SMILES string of the molecule is Cc1ccc(NC(=O)C(C)OC(=O)c2cc(Br)c(Br)s2)cc1. The number of thiophene rings is 1. The van der Waals surface area contributed by atoms with E-state index in [1.165, 1.54) is 11.3 Å². The fourth-order valence-corrected chi connectivity index (χ4v) is 3.52. The zero-order valence-electron chi connectivity index (χ0n) is 11.9. The Hall–Kier alpha value is -1.18. The van der Waals surface area contributed by atoms with Gasteiger partial charge in [-0.25, -0.2) is 4.79 Å². The highest BCUT2D eigenvalue weighted by molar-refractivity contribution is 9.13. The van der Waals surface area contributed by atoms with Gasteiger partial charge in [0.1, 0.15) is 4.88 Å². The molecule has 0 saturated heterocycles. The Morgan fingerprint density at radius 2 is 1.86 bits per heavy atom. The molecule has 1 heterocycles. The maximum atomic E-state index is 12.0. The van der Waals surface area contributed by atoms with Gasteiger partial charge in [0.05, 0.1) is 3.79 Å². The van der Waals surface area contributed by atoms with Crippen LogP contribution in [-0.2, 0) is 9.53 Å².